The molecule has 0 aliphatic rings. The summed E-state index contributed by atoms with van der Waals surface area (Å²) in [5.74, 6) is 1.46. The number of benzene rings is 1. The molecule has 4 heteroatoms. The molecule has 0 saturated carbocycles. The van der Waals surface area contributed by atoms with Gasteiger partial charge in [-0.1, -0.05) is 26.0 Å². The number of halogens is 1. The van der Waals surface area contributed by atoms with E-state index in [-0.39, 0.29) is 5.82 Å². The summed E-state index contributed by atoms with van der Waals surface area (Å²) in [6.45, 7) is 7.92. The average molecular weight is 273 g/mol. The van der Waals surface area contributed by atoms with Crippen LogP contribution >= 0.6 is 0 Å². The predicted molar refractivity (Wildman–Crippen MR) is 80.5 cm³/mol. The fourth-order valence-electron chi connectivity index (χ4n) is 2.32. The molecule has 0 atom stereocenters. The molecule has 1 N–H and O–H groups in total. The highest BCUT2D eigenvalue weighted by atomic mass is 19.1. The predicted octanol–water partition coefficient (Wildman–Crippen LogP) is 4.06. The van der Waals surface area contributed by atoms with Gasteiger partial charge in [0.15, 0.2) is 5.82 Å². The summed E-state index contributed by atoms with van der Waals surface area (Å²) in [5.41, 5.74) is 3.35. The average Bonchev–Trinajstić information content (AvgIpc) is 2.40. The molecule has 20 heavy (non-hydrogen) atoms. The van der Waals surface area contributed by atoms with Gasteiger partial charge in [0.1, 0.15) is 11.6 Å². The zero-order chi connectivity index (χ0) is 14.9. The Morgan fingerprint density at radius 1 is 1.15 bits per heavy atom. The Morgan fingerprint density at radius 2 is 1.85 bits per heavy atom. The maximum absolute atomic E-state index is 13.7. The molecule has 106 valence electrons. The van der Waals surface area contributed by atoms with E-state index in [4.69, 9.17) is 0 Å². The van der Waals surface area contributed by atoms with Crippen LogP contribution in [0.25, 0.3) is 11.4 Å². The second-order valence-corrected chi connectivity index (χ2v) is 5.26. The van der Waals surface area contributed by atoms with Crippen molar-refractivity contribution in [2.45, 2.75) is 33.6 Å². The first-order valence-corrected chi connectivity index (χ1v) is 6.76. The number of hydrogen-bond donors (Lipinski definition) is 1. The Bertz CT molecular complexity index is 636. The van der Waals surface area contributed by atoms with Crippen molar-refractivity contribution in [2.75, 3.05) is 12.4 Å². The van der Waals surface area contributed by atoms with Gasteiger partial charge in [-0.2, -0.15) is 0 Å². The van der Waals surface area contributed by atoms with E-state index in [1.807, 2.05) is 20.0 Å². The molecule has 0 radical (unpaired) electrons. The zero-order valence-corrected chi connectivity index (χ0v) is 12.6. The number of aromatic nitrogens is 2. The van der Waals surface area contributed by atoms with Crippen molar-refractivity contribution in [1.29, 1.82) is 0 Å². The highest BCUT2D eigenvalue weighted by Crippen LogP contribution is 2.28. The summed E-state index contributed by atoms with van der Waals surface area (Å²) in [6.07, 6.45) is 0. The third-order valence-electron chi connectivity index (χ3n) is 3.38. The zero-order valence-electron chi connectivity index (χ0n) is 12.6. The van der Waals surface area contributed by atoms with Crippen LogP contribution < -0.4 is 5.32 Å². The molecule has 3 nitrogen and oxygen atoms in total. The molecule has 2 aromatic rings. The largest absolute Gasteiger partial charge is 0.373 e. The number of aryl methyl sites for hydroxylation is 2. The van der Waals surface area contributed by atoms with Crippen molar-refractivity contribution in [3.05, 3.63) is 40.8 Å². The van der Waals surface area contributed by atoms with Crippen molar-refractivity contribution in [3.63, 3.8) is 0 Å². The number of hydrogen-bond acceptors (Lipinski definition) is 3. The summed E-state index contributed by atoms with van der Waals surface area (Å²) >= 11 is 0. The van der Waals surface area contributed by atoms with Crippen LogP contribution in [0.4, 0.5) is 10.2 Å². The third kappa shape index (κ3) is 2.64. The number of nitrogens with one attached hydrogen (secondary N) is 1. The Morgan fingerprint density at radius 3 is 2.40 bits per heavy atom. The van der Waals surface area contributed by atoms with Crippen molar-refractivity contribution < 1.29 is 4.39 Å². The Balaban J connectivity index is 2.58. The van der Waals surface area contributed by atoms with Gasteiger partial charge in [0.2, 0.25) is 0 Å². The maximum Gasteiger partial charge on any atom is 0.161 e. The van der Waals surface area contributed by atoms with Crippen LogP contribution in [0.2, 0.25) is 0 Å². The quantitative estimate of drug-likeness (QED) is 0.916. The molecular weight excluding hydrogens is 253 g/mol. The summed E-state index contributed by atoms with van der Waals surface area (Å²) < 4.78 is 13.7. The molecule has 1 aromatic heterocycles. The second kappa shape index (κ2) is 5.57. The Labute approximate surface area is 119 Å². The molecule has 0 amide bonds. The van der Waals surface area contributed by atoms with E-state index >= 15 is 0 Å². The smallest absolute Gasteiger partial charge is 0.161 e. The number of nitrogens with zero attached hydrogens (tertiary/aromatic N) is 2. The van der Waals surface area contributed by atoms with E-state index < -0.39 is 0 Å². The van der Waals surface area contributed by atoms with Gasteiger partial charge in [0.05, 0.1) is 0 Å². The van der Waals surface area contributed by atoms with Crippen molar-refractivity contribution in [1.82, 2.24) is 9.97 Å². The van der Waals surface area contributed by atoms with Gasteiger partial charge >= 0.3 is 0 Å². The lowest BCUT2D eigenvalue weighted by atomic mass is 10.0. The highest BCUT2D eigenvalue weighted by molar-refractivity contribution is 5.60. The lowest BCUT2D eigenvalue weighted by Crippen LogP contribution is -2.07. The van der Waals surface area contributed by atoms with Crippen molar-refractivity contribution >= 4 is 5.82 Å². The molecule has 0 aliphatic heterocycles. The molecule has 0 fully saturated rings. The van der Waals surface area contributed by atoms with E-state index in [1.165, 1.54) is 6.07 Å². The van der Waals surface area contributed by atoms with Gasteiger partial charge in [-0.05, 0) is 31.4 Å². The first kappa shape index (κ1) is 14.4. The molecule has 0 saturated heterocycles. The fraction of sp³-hybridized carbons (Fsp3) is 0.375. The van der Waals surface area contributed by atoms with Crippen LogP contribution in [0.1, 0.15) is 36.6 Å². The third-order valence-corrected chi connectivity index (χ3v) is 3.38. The van der Waals surface area contributed by atoms with Crippen LogP contribution in [-0.4, -0.2) is 17.0 Å². The van der Waals surface area contributed by atoms with Crippen LogP contribution in [0.15, 0.2) is 18.2 Å². The minimum absolute atomic E-state index is 0.234. The van der Waals surface area contributed by atoms with Gasteiger partial charge in [-0.25, -0.2) is 14.4 Å². The molecule has 0 aliphatic carbocycles. The van der Waals surface area contributed by atoms with Crippen LogP contribution in [0.5, 0.6) is 0 Å². The SMILES string of the molecule is CNc1nc(-c2ccc(C)c(F)c2)nc(C)c1C(C)C. The molecule has 0 unspecified atom stereocenters. The van der Waals surface area contributed by atoms with E-state index in [0.717, 1.165) is 17.1 Å². The normalized spacial score (nSPS) is 10.9. The summed E-state index contributed by atoms with van der Waals surface area (Å²) in [6, 6.07) is 5.08. The maximum atomic E-state index is 13.7. The molecule has 1 aromatic carbocycles. The van der Waals surface area contributed by atoms with E-state index in [0.29, 0.717) is 22.9 Å². The minimum atomic E-state index is -0.234. The number of rotatable bonds is 3. The molecular formula is C16H20FN3. The van der Waals surface area contributed by atoms with Gasteiger partial charge in [-0.15, -0.1) is 0 Å². The first-order valence-electron chi connectivity index (χ1n) is 6.76. The molecule has 2 rings (SSSR count). The van der Waals surface area contributed by atoms with Crippen molar-refractivity contribution in [2.24, 2.45) is 0 Å². The topological polar surface area (TPSA) is 37.8 Å². The molecule has 0 spiro atoms. The standard InChI is InChI=1S/C16H20FN3/c1-9(2)14-11(4)19-15(20-16(14)18-5)12-7-6-10(3)13(17)8-12/h6-9H,1-5H3,(H,18,19,20). The van der Waals surface area contributed by atoms with E-state index in [2.05, 4.69) is 29.1 Å². The van der Waals surface area contributed by atoms with E-state index in [9.17, 15) is 4.39 Å². The van der Waals surface area contributed by atoms with Gasteiger partial charge in [0.25, 0.3) is 0 Å². The van der Waals surface area contributed by atoms with Crippen LogP contribution in [-0.2, 0) is 0 Å². The molecule has 0 bridgehead atoms. The fourth-order valence-corrected chi connectivity index (χ4v) is 2.32. The second-order valence-electron chi connectivity index (χ2n) is 5.26. The summed E-state index contributed by atoms with van der Waals surface area (Å²) in [4.78, 5) is 9.05. The molecule has 1 heterocycles. The summed E-state index contributed by atoms with van der Waals surface area (Å²) in [7, 11) is 1.84. The lowest BCUT2D eigenvalue weighted by Gasteiger charge is -2.15. The van der Waals surface area contributed by atoms with Crippen molar-refractivity contribution in [3.8, 4) is 11.4 Å². The Hall–Kier alpha value is -1.97. The highest BCUT2D eigenvalue weighted by Gasteiger charge is 2.15. The van der Waals surface area contributed by atoms with Gasteiger partial charge in [0, 0.05) is 23.9 Å². The lowest BCUT2D eigenvalue weighted by molar-refractivity contribution is 0.619. The monoisotopic (exact) mass is 273 g/mol. The minimum Gasteiger partial charge on any atom is -0.373 e. The summed E-state index contributed by atoms with van der Waals surface area (Å²) in [5, 5.41) is 3.11. The first-order chi connectivity index (χ1) is 9.43. The number of anilines is 1. The van der Waals surface area contributed by atoms with Gasteiger partial charge in [-0.3, -0.25) is 0 Å². The van der Waals surface area contributed by atoms with E-state index in [1.54, 1.807) is 13.0 Å². The van der Waals surface area contributed by atoms with Crippen LogP contribution in [0.3, 0.4) is 0 Å². The van der Waals surface area contributed by atoms with Gasteiger partial charge < -0.3 is 5.32 Å². The van der Waals surface area contributed by atoms with Crippen LogP contribution in [0, 0.1) is 19.7 Å². The Kier molecular flexibility index (Phi) is 4.02.